The maximum absolute atomic E-state index is 12.8. The highest BCUT2D eigenvalue weighted by molar-refractivity contribution is 7.89. The van der Waals surface area contributed by atoms with Crippen molar-refractivity contribution in [2.45, 2.75) is 24.2 Å². The van der Waals surface area contributed by atoms with E-state index in [1.807, 2.05) is 42.5 Å². The molecule has 0 atom stereocenters. The van der Waals surface area contributed by atoms with Crippen LogP contribution in [0.3, 0.4) is 0 Å². The number of aromatic nitrogens is 2. The predicted molar refractivity (Wildman–Crippen MR) is 129 cm³/mol. The van der Waals surface area contributed by atoms with Gasteiger partial charge >= 0.3 is 0 Å². The summed E-state index contributed by atoms with van der Waals surface area (Å²) in [4.78, 5) is 20.9. The molecule has 0 aliphatic carbocycles. The van der Waals surface area contributed by atoms with Crippen LogP contribution >= 0.6 is 0 Å². The number of carbonyl (C=O) groups excluding carboxylic acids is 1. The van der Waals surface area contributed by atoms with Crippen LogP contribution in [0.2, 0.25) is 0 Å². The molecule has 2 N–H and O–H groups in total. The first kappa shape index (κ1) is 21.4. The number of fused-ring (bicyclic) bond motifs is 1. The number of nitrogens with one attached hydrogen (secondary N) is 2. The molecule has 1 amide bonds. The zero-order valence-corrected chi connectivity index (χ0v) is 18.8. The second-order valence-electron chi connectivity index (χ2n) is 8.13. The number of nitrogens with zero attached hydrogens (tertiary/aromatic N) is 2. The highest BCUT2D eigenvalue weighted by Crippen LogP contribution is 2.24. The number of rotatable bonds is 5. The van der Waals surface area contributed by atoms with Gasteiger partial charge in [-0.05, 0) is 61.4 Å². The fraction of sp³-hybridized carbons (Fsp3) is 0.200. The van der Waals surface area contributed by atoms with E-state index in [0.717, 1.165) is 41.7 Å². The Morgan fingerprint density at radius 3 is 2.42 bits per heavy atom. The SMILES string of the molecule is O=C(Nc1cccc(-c2nc3ccccc3[nH]2)c1)c1ccc(S(=O)(=O)N2CCCCC2)cc1. The molecule has 5 rings (SSSR count). The number of amides is 1. The molecule has 8 heteroatoms. The van der Waals surface area contributed by atoms with Gasteiger partial charge in [-0.3, -0.25) is 4.79 Å². The third kappa shape index (κ3) is 4.40. The Labute approximate surface area is 192 Å². The van der Waals surface area contributed by atoms with Crippen molar-refractivity contribution in [3.05, 3.63) is 78.4 Å². The molecule has 1 aliphatic heterocycles. The zero-order valence-electron chi connectivity index (χ0n) is 18.0. The lowest BCUT2D eigenvalue weighted by Gasteiger charge is -2.25. The first-order valence-corrected chi connectivity index (χ1v) is 12.4. The number of carbonyl (C=O) groups is 1. The lowest BCUT2D eigenvalue weighted by atomic mass is 10.1. The molecule has 0 spiro atoms. The van der Waals surface area contributed by atoms with E-state index < -0.39 is 10.0 Å². The maximum atomic E-state index is 12.8. The summed E-state index contributed by atoms with van der Waals surface area (Å²) >= 11 is 0. The number of imidazole rings is 1. The van der Waals surface area contributed by atoms with Gasteiger partial charge in [0.05, 0.1) is 15.9 Å². The Bertz CT molecular complexity index is 1370. The smallest absolute Gasteiger partial charge is 0.255 e. The third-order valence-electron chi connectivity index (χ3n) is 5.85. The van der Waals surface area contributed by atoms with Gasteiger partial charge in [0.25, 0.3) is 5.91 Å². The van der Waals surface area contributed by atoms with Crippen molar-refractivity contribution >= 4 is 32.7 Å². The Morgan fingerprint density at radius 1 is 0.909 bits per heavy atom. The number of benzene rings is 3. The zero-order chi connectivity index (χ0) is 22.8. The average molecular weight is 461 g/mol. The minimum Gasteiger partial charge on any atom is -0.338 e. The van der Waals surface area contributed by atoms with Gasteiger partial charge in [0.2, 0.25) is 10.0 Å². The summed E-state index contributed by atoms with van der Waals surface area (Å²) < 4.78 is 27.1. The fourth-order valence-electron chi connectivity index (χ4n) is 4.07. The summed E-state index contributed by atoms with van der Waals surface area (Å²) in [5.41, 5.74) is 3.69. The van der Waals surface area contributed by atoms with E-state index in [2.05, 4.69) is 15.3 Å². The van der Waals surface area contributed by atoms with E-state index in [9.17, 15) is 13.2 Å². The first-order valence-electron chi connectivity index (χ1n) is 11.0. The molecule has 0 radical (unpaired) electrons. The van der Waals surface area contributed by atoms with Gasteiger partial charge in [-0.15, -0.1) is 0 Å². The third-order valence-corrected chi connectivity index (χ3v) is 7.77. The molecule has 0 bridgehead atoms. The van der Waals surface area contributed by atoms with Crippen LogP contribution in [0.5, 0.6) is 0 Å². The number of hydrogen-bond donors (Lipinski definition) is 2. The summed E-state index contributed by atoms with van der Waals surface area (Å²) in [6.45, 7) is 1.10. The van der Waals surface area contributed by atoms with E-state index in [-0.39, 0.29) is 10.8 Å². The standard InChI is InChI=1S/C25H24N4O3S/c30-25(18-11-13-21(14-12-18)33(31,32)29-15-4-1-5-16-29)26-20-8-6-7-19(17-20)24-27-22-9-2-3-10-23(22)28-24/h2-3,6-14,17H,1,4-5,15-16H2,(H,26,30)(H,27,28). The molecule has 168 valence electrons. The Balaban J connectivity index is 1.32. The molecule has 1 fully saturated rings. The molecule has 2 heterocycles. The van der Waals surface area contributed by atoms with E-state index in [1.165, 1.54) is 16.4 Å². The Kier molecular flexibility index (Phi) is 5.70. The highest BCUT2D eigenvalue weighted by Gasteiger charge is 2.26. The van der Waals surface area contributed by atoms with E-state index in [0.29, 0.717) is 24.3 Å². The van der Waals surface area contributed by atoms with E-state index in [4.69, 9.17) is 0 Å². The first-order chi connectivity index (χ1) is 16.0. The van der Waals surface area contributed by atoms with Gasteiger partial charge in [0.15, 0.2) is 0 Å². The summed E-state index contributed by atoms with van der Waals surface area (Å²) in [5, 5.41) is 2.88. The molecular weight excluding hydrogens is 436 g/mol. The monoisotopic (exact) mass is 460 g/mol. The molecule has 0 saturated carbocycles. The van der Waals surface area contributed by atoms with Crippen molar-refractivity contribution in [1.29, 1.82) is 0 Å². The second-order valence-corrected chi connectivity index (χ2v) is 10.1. The predicted octanol–water partition coefficient (Wildman–Crippen LogP) is 4.66. The van der Waals surface area contributed by atoms with Gasteiger partial charge in [-0.1, -0.05) is 30.7 Å². The lowest BCUT2D eigenvalue weighted by molar-refractivity contribution is 0.102. The Morgan fingerprint density at radius 2 is 1.67 bits per heavy atom. The fourth-order valence-corrected chi connectivity index (χ4v) is 5.59. The summed E-state index contributed by atoms with van der Waals surface area (Å²) in [6, 6.07) is 21.3. The Hall–Kier alpha value is -3.49. The van der Waals surface area contributed by atoms with Crippen LogP contribution < -0.4 is 5.32 Å². The minimum absolute atomic E-state index is 0.216. The van der Waals surface area contributed by atoms with Gasteiger partial charge < -0.3 is 10.3 Å². The number of hydrogen-bond acceptors (Lipinski definition) is 4. The van der Waals surface area contributed by atoms with E-state index >= 15 is 0 Å². The summed E-state index contributed by atoms with van der Waals surface area (Å²) in [5.74, 6) is 0.415. The van der Waals surface area contributed by atoms with Gasteiger partial charge in [0.1, 0.15) is 5.82 Å². The van der Waals surface area contributed by atoms with Crippen LogP contribution in [-0.4, -0.2) is 41.7 Å². The number of H-pyrrole nitrogens is 1. The average Bonchev–Trinajstić information content (AvgIpc) is 3.29. The molecular formula is C25H24N4O3S. The van der Waals surface area contributed by atoms with Crippen LogP contribution in [0.1, 0.15) is 29.6 Å². The van der Waals surface area contributed by atoms with E-state index in [1.54, 1.807) is 18.2 Å². The van der Waals surface area contributed by atoms with Gasteiger partial charge in [0, 0.05) is 29.9 Å². The van der Waals surface area contributed by atoms with Crippen LogP contribution in [0.15, 0.2) is 77.7 Å². The van der Waals surface area contributed by atoms with Crippen molar-refractivity contribution in [2.24, 2.45) is 0 Å². The van der Waals surface area contributed by atoms with Crippen molar-refractivity contribution < 1.29 is 13.2 Å². The molecule has 4 aromatic rings. The van der Waals surface area contributed by atoms with Crippen LogP contribution in [0, 0.1) is 0 Å². The minimum atomic E-state index is -3.52. The molecule has 33 heavy (non-hydrogen) atoms. The van der Waals surface area contributed by atoms with Gasteiger partial charge in [-0.25, -0.2) is 13.4 Å². The molecule has 3 aromatic carbocycles. The largest absolute Gasteiger partial charge is 0.338 e. The molecule has 1 aliphatic rings. The lowest BCUT2D eigenvalue weighted by Crippen LogP contribution is -2.35. The number of aromatic amines is 1. The topological polar surface area (TPSA) is 95.2 Å². The van der Waals surface area contributed by atoms with Crippen molar-refractivity contribution in [1.82, 2.24) is 14.3 Å². The quantitative estimate of drug-likeness (QED) is 0.453. The normalized spacial score (nSPS) is 14.9. The van der Waals surface area contributed by atoms with Crippen LogP contribution in [-0.2, 0) is 10.0 Å². The summed E-state index contributed by atoms with van der Waals surface area (Å²) in [6.07, 6.45) is 2.82. The molecule has 7 nitrogen and oxygen atoms in total. The van der Waals surface area contributed by atoms with Crippen LogP contribution in [0.4, 0.5) is 5.69 Å². The van der Waals surface area contributed by atoms with Crippen LogP contribution in [0.25, 0.3) is 22.4 Å². The van der Waals surface area contributed by atoms with Gasteiger partial charge in [-0.2, -0.15) is 4.31 Å². The van der Waals surface area contributed by atoms with Crippen molar-refractivity contribution in [3.8, 4) is 11.4 Å². The maximum Gasteiger partial charge on any atom is 0.255 e. The number of piperidine rings is 1. The number of anilines is 1. The molecule has 1 aromatic heterocycles. The highest BCUT2D eigenvalue weighted by atomic mass is 32.2. The second kappa shape index (κ2) is 8.80. The number of sulfonamides is 1. The van der Waals surface area contributed by atoms with Crippen molar-refractivity contribution in [2.75, 3.05) is 18.4 Å². The molecule has 1 saturated heterocycles. The van der Waals surface area contributed by atoms with Crippen molar-refractivity contribution in [3.63, 3.8) is 0 Å². The molecule has 0 unspecified atom stereocenters. The number of para-hydroxylation sites is 2. The summed E-state index contributed by atoms with van der Waals surface area (Å²) in [7, 11) is -3.52.